The molecule has 0 radical (unpaired) electrons. The number of amides is 1. The monoisotopic (exact) mass is 344 g/mol. The van der Waals surface area contributed by atoms with Crippen molar-refractivity contribution in [2.45, 2.75) is 37.8 Å². The summed E-state index contributed by atoms with van der Waals surface area (Å²) in [5.41, 5.74) is 9.25. The van der Waals surface area contributed by atoms with Crippen molar-refractivity contribution in [3.8, 4) is 11.1 Å². The van der Waals surface area contributed by atoms with E-state index in [1.807, 2.05) is 54.6 Å². The van der Waals surface area contributed by atoms with E-state index in [0.29, 0.717) is 19.8 Å². The van der Waals surface area contributed by atoms with Crippen LogP contribution in [0, 0.1) is 0 Å². The Morgan fingerprint density at radius 2 is 1.84 bits per heavy atom. The van der Waals surface area contributed by atoms with Crippen LogP contribution in [0.3, 0.4) is 0 Å². The van der Waals surface area contributed by atoms with Gasteiger partial charge in [0.05, 0.1) is 6.04 Å². The lowest BCUT2D eigenvalue weighted by atomic mass is 9.97. The summed E-state index contributed by atoms with van der Waals surface area (Å²) in [6, 6.07) is 17.2. The van der Waals surface area contributed by atoms with E-state index in [1.165, 1.54) is 4.90 Å². The molecule has 2 unspecified atom stereocenters. The van der Waals surface area contributed by atoms with E-state index in [9.17, 15) is 13.6 Å². The Kier molecular flexibility index (Phi) is 4.86. The third kappa shape index (κ3) is 3.87. The number of likely N-dealkylation sites (tertiary alicyclic amines) is 1. The van der Waals surface area contributed by atoms with Crippen molar-refractivity contribution in [3.05, 3.63) is 60.2 Å². The van der Waals surface area contributed by atoms with Crippen LogP contribution in [0.2, 0.25) is 0 Å². The summed E-state index contributed by atoms with van der Waals surface area (Å²) in [4.78, 5) is 13.3. The average molecular weight is 344 g/mol. The maximum absolute atomic E-state index is 13.5. The van der Waals surface area contributed by atoms with Crippen LogP contribution < -0.4 is 5.73 Å². The molecule has 1 fully saturated rings. The van der Waals surface area contributed by atoms with Gasteiger partial charge in [0.2, 0.25) is 0 Å². The first-order valence-electron chi connectivity index (χ1n) is 8.45. The van der Waals surface area contributed by atoms with Crippen LogP contribution in [0.4, 0.5) is 8.78 Å². The molecule has 1 heterocycles. The Morgan fingerprint density at radius 1 is 1.16 bits per heavy atom. The number of nitrogens with two attached hydrogens (primary N) is 1. The number of carbonyl (C=O) groups excluding carboxylic acids is 1. The Balaban J connectivity index is 1.82. The van der Waals surface area contributed by atoms with Gasteiger partial charge in [-0.3, -0.25) is 4.79 Å². The summed E-state index contributed by atoms with van der Waals surface area (Å²) in [5, 5.41) is 0. The van der Waals surface area contributed by atoms with Gasteiger partial charge in [0.25, 0.3) is 5.91 Å². The summed E-state index contributed by atoms with van der Waals surface area (Å²) in [6.07, 6.45) is 1.02. The zero-order valence-corrected chi connectivity index (χ0v) is 14.2. The quantitative estimate of drug-likeness (QED) is 0.923. The third-order valence-electron chi connectivity index (χ3n) is 4.71. The number of halogens is 2. The molecular weight excluding hydrogens is 322 g/mol. The first-order valence-corrected chi connectivity index (χ1v) is 8.45. The van der Waals surface area contributed by atoms with Crippen molar-refractivity contribution in [2.75, 3.05) is 6.54 Å². The number of alkyl halides is 2. The fourth-order valence-electron chi connectivity index (χ4n) is 3.39. The molecule has 1 amide bonds. The molecule has 132 valence electrons. The lowest BCUT2D eigenvalue weighted by molar-refractivity contribution is -0.155. The molecule has 3 rings (SSSR count). The SMILES string of the molecule is CC(F)(F)C(=O)N1CCC(N)C1Cc1cccc(-c2ccccc2)c1. The van der Waals surface area contributed by atoms with E-state index >= 15 is 0 Å². The highest BCUT2D eigenvalue weighted by atomic mass is 19.3. The molecule has 2 aromatic rings. The van der Waals surface area contributed by atoms with Crippen LogP contribution in [0.15, 0.2) is 54.6 Å². The lowest BCUT2D eigenvalue weighted by Gasteiger charge is -2.29. The van der Waals surface area contributed by atoms with Crippen LogP contribution >= 0.6 is 0 Å². The zero-order chi connectivity index (χ0) is 18.0. The molecule has 0 aliphatic carbocycles. The van der Waals surface area contributed by atoms with E-state index in [1.54, 1.807) is 0 Å². The summed E-state index contributed by atoms with van der Waals surface area (Å²) in [7, 11) is 0. The Hall–Kier alpha value is -2.27. The highest BCUT2D eigenvalue weighted by molar-refractivity contribution is 5.83. The molecule has 2 atom stereocenters. The van der Waals surface area contributed by atoms with Crippen LogP contribution in [0.1, 0.15) is 18.9 Å². The van der Waals surface area contributed by atoms with Crippen LogP contribution in [0.5, 0.6) is 0 Å². The van der Waals surface area contributed by atoms with Gasteiger partial charge in [-0.2, -0.15) is 8.78 Å². The molecule has 0 saturated carbocycles. The topological polar surface area (TPSA) is 46.3 Å². The van der Waals surface area contributed by atoms with Crippen molar-refractivity contribution in [1.29, 1.82) is 0 Å². The molecule has 25 heavy (non-hydrogen) atoms. The molecule has 0 aromatic heterocycles. The van der Waals surface area contributed by atoms with Crippen LogP contribution in [0.25, 0.3) is 11.1 Å². The van der Waals surface area contributed by atoms with Gasteiger partial charge in [-0.1, -0.05) is 54.6 Å². The second-order valence-electron chi connectivity index (χ2n) is 6.68. The minimum atomic E-state index is -3.37. The van der Waals surface area contributed by atoms with Crippen LogP contribution in [-0.4, -0.2) is 35.4 Å². The average Bonchev–Trinajstić information content (AvgIpc) is 2.95. The third-order valence-corrected chi connectivity index (χ3v) is 4.71. The van der Waals surface area contributed by atoms with Crippen molar-refractivity contribution in [2.24, 2.45) is 5.73 Å². The standard InChI is InChI=1S/C20H22F2N2O/c1-20(21,22)19(25)24-11-10-17(23)18(24)13-14-6-5-9-16(12-14)15-7-3-2-4-8-15/h2-9,12,17-18H,10-11,13,23H2,1H3. The number of hydrogen-bond donors (Lipinski definition) is 1. The molecule has 3 nitrogen and oxygen atoms in total. The number of rotatable bonds is 4. The second-order valence-corrected chi connectivity index (χ2v) is 6.68. The predicted octanol–water partition coefficient (Wildman–Crippen LogP) is 3.48. The molecule has 1 saturated heterocycles. The number of benzene rings is 2. The van der Waals surface area contributed by atoms with E-state index < -0.39 is 17.9 Å². The lowest BCUT2D eigenvalue weighted by Crippen LogP contribution is -2.49. The molecule has 5 heteroatoms. The molecule has 1 aliphatic rings. The van der Waals surface area contributed by atoms with Crippen molar-refractivity contribution in [1.82, 2.24) is 4.90 Å². The number of carbonyl (C=O) groups is 1. The van der Waals surface area contributed by atoms with E-state index in [2.05, 4.69) is 0 Å². The molecule has 2 N–H and O–H groups in total. The maximum Gasteiger partial charge on any atom is 0.322 e. The summed E-state index contributed by atoms with van der Waals surface area (Å²) in [5.74, 6) is -4.50. The van der Waals surface area contributed by atoms with Gasteiger partial charge in [0.15, 0.2) is 0 Å². The Bertz CT molecular complexity index is 743. The van der Waals surface area contributed by atoms with E-state index in [-0.39, 0.29) is 12.6 Å². The number of nitrogens with zero attached hydrogens (tertiary/aromatic N) is 1. The highest BCUT2D eigenvalue weighted by Gasteiger charge is 2.43. The van der Waals surface area contributed by atoms with Gasteiger partial charge < -0.3 is 10.6 Å². The second kappa shape index (κ2) is 6.92. The fraction of sp³-hybridized carbons (Fsp3) is 0.350. The Morgan fingerprint density at radius 3 is 2.52 bits per heavy atom. The van der Waals surface area contributed by atoms with E-state index in [0.717, 1.165) is 16.7 Å². The molecule has 1 aliphatic heterocycles. The number of hydrogen-bond acceptors (Lipinski definition) is 2. The van der Waals surface area contributed by atoms with Gasteiger partial charge in [-0.05, 0) is 29.5 Å². The summed E-state index contributed by atoms with van der Waals surface area (Å²) < 4.78 is 26.9. The van der Waals surface area contributed by atoms with Gasteiger partial charge in [0, 0.05) is 19.5 Å². The van der Waals surface area contributed by atoms with Gasteiger partial charge in [0.1, 0.15) is 0 Å². The minimum Gasteiger partial charge on any atom is -0.333 e. The molecular formula is C20H22F2N2O. The first kappa shape index (κ1) is 17.5. The molecule has 2 aromatic carbocycles. The normalized spacial score (nSPS) is 20.7. The maximum atomic E-state index is 13.5. The van der Waals surface area contributed by atoms with Crippen molar-refractivity contribution in [3.63, 3.8) is 0 Å². The van der Waals surface area contributed by atoms with Gasteiger partial charge in [-0.25, -0.2) is 0 Å². The smallest absolute Gasteiger partial charge is 0.322 e. The molecule has 0 bridgehead atoms. The van der Waals surface area contributed by atoms with E-state index in [4.69, 9.17) is 5.73 Å². The van der Waals surface area contributed by atoms with Crippen molar-refractivity contribution >= 4 is 5.91 Å². The largest absolute Gasteiger partial charge is 0.333 e. The highest BCUT2D eigenvalue weighted by Crippen LogP contribution is 2.27. The Labute approximate surface area is 146 Å². The molecule has 0 spiro atoms. The predicted molar refractivity (Wildman–Crippen MR) is 94.3 cm³/mol. The fourth-order valence-corrected chi connectivity index (χ4v) is 3.39. The first-order chi connectivity index (χ1) is 11.9. The zero-order valence-electron chi connectivity index (χ0n) is 14.2. The summed E-state index contributed by atoms with van der Waals surface area (Å²) >= 11 is 0. The van der Waals surface area contributed by atoms with Crippen LogP contribution in [-0.2, 0) is 11.2 Å². The van der Waals surface area contributed by atoms with Gasteiger partial charge in [-0.15, -0.1) is 0 Å². The minimum absolute atomic E-state index is 0.284. The van der Waals surface area contributed by atoms with Gasteiger partial charge >= 0.3 is 5.92 Å². The van der Waals surface area contributed by atoms with Crippen molar-refractivity contribution < 1.29 is 13.6 Å². The summed E-state index contributed by atoms with van der Waals surface area (Å²) in [6.45, 7) is 0.929.